The van der Waals surface area contributed by atoms with E-state index in [2.05, 4.69) is 20.6 Å². The number of hydrogen-bond acceptors (Lipinski definition) is 6. The van der Waals surface area contributed by atoms with Crippen LogP contribution in [0.5, 0.6) is 11.5 Å². The average molecular weight is 415 g/mol. The van der Waals surface area contributed by atoms with E-state index in [-0.39, 0.29) is 18.1 Å². The van der Waals surface area contributed by atoms with Crippen molar-refractivity contribution in [2.45, 2.75) is 6.54 Å². The van der Waals surface area contributed by atoms with E-state index in [4.69, 9.17) is 9.47 Å². The average Bonchev–Trinajstić information content (AvgIpc) is 3.28. The van der Waals surface area contributed by atoms with Gasteiger partial charge in [-0.15, -0.1) is 5.10 Å². The lowest BCUT2D eigenvalue weighted by molar-refractivity contribution is 0.0946. The number of ether oxygens (including phenoxy) is 2. The van der Waals surface area contributed by atoms with Gasteiger partial charge in [0.2, 0.25) is 0 Å². The topological polar surface area (TPSA) is 91.2 Å². The lowest BCUT2D eigenvalue weighted by Crippen LogP contribution is -2.24. The van der Waals surface area contributed by atoms with Crippen LogP contribution in [0.3, 0.4) is 0 Å². The molecule has 0 saturated heterocycles. The van der Waals surface area contributed by atoms with E-state index < -0.39 is 0 Å². The summed E-state index contributed by atoms with van der Waals surface area (Å²) in [5.41, 5.74) is 3.18. The number of para-hydroxylation sites is 1. The largest absolute Gasteiger partial charge is 0.497 e. The highest BCUT2D eigenvalue weighted by atomic mass is 16.5. The minimum atomic E-state index is -0.348. The maximum Gasteiger partial charge on any atom is 0.274 e. The van der Waals surface area contributed by atoms with Crippen molar-refractivity contribution in [2.24, 2.45) is 0 Å². The molecule has 8 heteroatoms. The monoisotopic (exact) mass is 415 g/mol. The number of hydrogen-bond donors (Lipinski definition) is 1. The molecule has 2 aromatic heterocycles. The lowest BCUT2D eigenvalue weighted by Gasteiger charge is -2.12. The second-order valence-electron chi connectivity index (χ2n) is 6.63. The SMILES string of the molecule is COc1ccc(OC)c(CNC(=O)c2nnn(-c3ccccc3)c2-c2ccncc2)c1. The Morgan fingerprint density at radius 3 is 2.48 bits per heavy atom. The van der Waals surface area contributed by atoms with Crippen LogP contribution in [0.25, 0.3) is 16.9 Å². The van der Waals surface area contributed by atoms with Crippen molar-refractivity contribution in [2.75, 3.05) is 14.2 Å². The van der Waals surface area contributed by atoms with Gasteiger partial charge in [0.1, 0.15) is 17.2 Å². The number of aromatic nitrogens is 4. The summed E-state index contributed by atoms with van der Waals surface area (Å²) in [6, 6.07) is 18.6. The standard InChI is InChI=1S/C23H21N5O3/c1-30-19-8-9-20(31-2)17(14-19)15-25-23(29)21-22(16-10-12-24-13-11-16)28(27-26-21)18-6-4-3-5-7-18/h3-14H,15H2,1-2H3,(H,25,29). The molecular formula is C23H21N5O3. The highest BCUT2D eigenvalue weighted by Gasteiger charge is 2.22. The first-order valence-corrected chi connectivity index (χ1v) is 9.62. The number of nitrogens with zero attached hydrogens (tertiary/aromatic N) is 4. The summed E-state index contributed by atoms with van der Waals surface area (Å²) in [4.78, 5) is 17.2. The van der Waals surface area contributed by atoms with Crippen molar-refractivity contribution in [3.05, 3.63) is 84.3 Å². The van der Waals surface area contributed by atoms with E-state index in [1.54, 1.807) is 43.4 Å². The van der Waals surface area contributed by atoms with Crippen molar-refractivity contribution in [3.8, 4) is 28.4 Å². The summed E-state index contributed by atoms with van der Waals surface area (Å²) < 4.78 is 12.3. The quantitative estimate of drug-likeness (QED) is 0.498. The van der Waals surface area contributed by atoms with Gasteiger partial charge in [0.05, 0.1) is 19.9 Å². The molecule has 8 nitrogen and oxygen atoms in total. The molecule has 4 aromatic rings. The minimum Gasteiger partial charge on any atom is -0.497 e. The minimum absolute atomic E-state index is 0.219. The van der Waals surface area contributed by atoms with E-state index in [1.165, 1.54) is 0 Å². The van der Waals surface area contributed by atoms with E-state index in [0.29, 0.717) is 17.2 Å². The third-order valence-corrected chi connectivity index (χ3v) is 4.77. The van der Waals surface area contributed by atoms with E-state index in [0.717, 1.165) is 16.8 Å². The summed E-state index contributed by atoms with van der Waals surface area (Å²) in [6.07, 6.45) is 3.33. The molecule has 31 heavy (non-hydrogen) atoms. The summed E-state index contributed by atoms with van der Waals surface area (Å²) in [5, 5.41) is 11.3. The van der Waals surface area contributed by atoms with Crippen LogP contribution < -0.4 is 14.8 Å². The zero-order valence-electron chi connectivity index (χ0n) is 17.1. The van der Waals surface area contributed by atoms with Gasteiger partial charge in [-0.3, -0.25) is 9.78 Å². The molecule has 4 rings (SSSR count). The third-order valence-electron chi connectivity index (χ3n) is 4.77. The molecule has 0 unspecified atom stereocenters. The molecule has 0 spiro atoms. The number of rotatable bonds is 7. The maximum absolute atomic E-state index is 13.1. The first-order chi connectivity index (χ1) is 15.2. The van der Waals surface area contributed by atoms with Crippen LogP contribution in [0.2, 0.25) is 0 Å². The Labute approximate surface area is 179 Å². The number of amides is 1. The molecule has 0 saturated carbocycles. The van der Waals surface area contributed by atoms with Gasteiger partial charge >= 0.3 is 0 Å². The number of methoxy groups -OCH3 is 2. The Morgan fingerprint density at radius 2 is 1.77 bits per heavy atom. The van der Waals surface area contributed by atoms with Gasteiger partial charge in [-0.25, -0.2) is 4.68 Å². The van der Waals surface area contributed by atoms with Crippen molar-refractivity contribution in [1.29, 1.82) is 0 Å². The molecule has 0 bridgehead atoms. The molecular weight excluding hydrogens is 394 g/mol. The highest BCUT2D eigenvalue weighted by molar-refractivity contribution is 5.98. The molecule has 1 N–H and O–H groups in total. The van der Waals surface area contributed by atoms with E-state index >= 15 is 0 Å². The predicted octanol–water partition coefficient (Wildman–Crippen LogP) is 3.28. The number of pyridine rings is 1. The van der Waals surface area contributed by atoms with Gasteiger partial charge < -0.3 is 14.8 Å². The fraction of sp³-hybridized carbons (Fsp3) is 0.130. The predicted molar refractivity (Wildman–Crippen MR) is 115 cm³/mol. The van der Waals surface area contributed by atoms with Crippen LogP contribution in [0, 0.1) is 0 Å². The fourth-order valence-corrected chi connectivity index (χ4v) is 3.23. The zero-order chi connectivity index (χ0) is 21.6. The summed E-state index contributed by atoms with van der Waals surface area (Å²) in [5.74, 6) is 0.986. The van der Waals surface area contributed by atoms with Gasteiger partial charge in [0, 0.05) is 30.1 Å². The van der Waals surface area contributed by atoms with Crippen LogP contribution in [0.15, 0.2) is 73.1 Å². The van der Waals surface area contributed by atoms with Gasteiger partial charge in [-0.05, 0) is 42.5 Å². The molecule has 0 radical (unpaired) electrons. The Balaban J connectivity index is 1.67. The summed E-state index contributed by atoms with van der Waals surface area (Å²) in [6.45, 7) is 0.243. The number of benzene rings is 2. The molecule has 1 amide bonds. The molecule has 2 heterocycles. The van der Waals surface area contributed by atoms with Crippen LogP contribution >= 0.6 is 0 Å². The first-order valence-electron chi connectivity index (χ1n) is 9.62. The normalized spacial score (nSPS) is 10.5. The third kappa shape index (κ3) is 4.23. The van der Waals surface area contributed by atoms with Crippen molar-refractivity contribution >= 4 is 5.91 Å². The Bertz CT molecular complexity index is 1180. The van der Waals surface area contributed by atoms with Gasteiger partial charge in [-0.2, -0.15) is 0 Å². The van der Waals surface area contributed by atoms with Crippen LogP contribution in [-0.2, 0) is 6.54 Å². The first kappa shape index (κ1) is 20.1. The van der Waals surface area contributed by atoms with Crippen LogP contribution in [0.4, 0.5) is 0 Å². The molecule has 0 aliphatic heterocycles. The molecule has 0 aliphatic carbocycles. The van der Waals surface area contributed by atoms with Crippen LogP contribution in [0.1, 0.15) is 16.1 Å². The Morgan fingerprint density at radius 1 is 1.00 bits per heavy atom. The smallest absolute Gasteiger partial charge is 0.274 e. The summed E-state index contributed by atoms with van der Waals surface area (Å²) >= 11 is 0. The van der Waals surface area contributed by atoms with Crippen molar-refractivity contribution < 1.29 is 14.3 Å². The Kier molecular flexibility index (Phi) is 5.89. The summed E-state index contributed by atoms with van der Waals surface area (Å²) in [7, 11) is 3.17. The zero-order valence-corrected chi connectivity index (χ0v) is 17.1. The number of nitrogens with one attached hydrogen (secondary N) is 1. The fourth-order valence-electron chi connectivity index (χ4n) is 3.23. The number of carbonyl (C=O) groups is 1. The molecule has 0 atom stereocenters. The molecule has 0 aliphatic rings. The van der Waals surface area contributed by atoms with Crippen molar-refractivity contribution in [3.63, 3.8) is 0 Å². The highest BCUT2D eigenvalue weighted by Crippen LogP contribution is 2.26. The Hall–Kier alpha value is -4.20. The van der Waals surface area contributed by atoms with E-state index in [1.807, 2.05) is 48.5 Å². The molecule has 156 valence electrons. The van der Waals surface area contributed by atoms with Crippen molar-refractivity contribution in [1.82, 2.24) is 25.3 Å². The number of carbonyl (C=O) groups excluding carboxylic acids is 1. The van der Waals surface area contributed by atoms with Gasteiger partial charge in [0.25, 0.3) is 5.91 Å². The van der Waals surface area contributed by atoms with E-state index in [9.17, 15) is 4.79 Å². The molecule has 0 fully saturated rings. The van der Waals surface area contributed by atoms with Gasteiger partial charge in [-0.1, -0.05) is 23.4 Å². The van der Waals surface area contributed by atoms with Crippen LogP contribution in [-0.4, -0.2) is 40.1 Å². The van der Waals surface area contributed by atoms with Gasteiger partial charge in [0.15, 0.2) is 5.69 Å². The molecule has 2 aromatic carbocycles. The lowest BCUT2D eigenvalue weighted by atomic mass is 10.1. The second-order valence-corrected chi connectivity index (χ2v) is 6.63. The second kappa shape index (κ2) is 9.08. The maximum atomic E-state index is 13.1.